The standard InChI is InChI=1S/C7H10N4O4S/c1-16-7(15)4(12)2-5-8-9-10-11(5)3-6(13)14/h4,12H,2-3H2,1H3,(H,13,14). The van der Waals surface area contributed by atoms with Gasteiger partial charge in [0, 0.05) is 6.42 Å². The van der Waals surface area contributed by atoms with Crippen molar-refractivity contribution in [2.24, 2.45) is 0 Å². The number of hydrogen-bond donors (Lipinski definition) is 2. The predicted molar refractivity (Wildman–Crippen MR) is 53.7 cm³/mol. The first-order chi connectivity index (χ1) is 7.54. The van der Waals surface area contributed by atoms with Gasteiger partial charge in [-0.1, -0.05) is 11.8 Å². The van der Waals surface area contributed by atoms with Crippen LogP contribution in [0.15, 0.2) is 0 Å². The number of nitrogens with zero attached hydrogens (tertiary/aromatic N) is 4. The van der Waals surface area contributed by atoms with Crippen molar-refractivity contribution in [3.63, 3.8) is 0 Å². The van der Waals surface area contributed by atoms with Gasteiger partial charge >= 0.3 is 5.97 Å². The molecule has 1 rings (SSSR count). The first-order valence-corrected chi connectivity index (χ1v) is 5.49. The van der Waals surface area contributed by atoms with E-state index < -0.39 is 23.7 Å². The molecular weight excluding hydrogens is 236 g/mol. The molecule has 2 N–H and O–H groups in total. The second kappa shape index (κ2) is 5.56. The summed E-state index contributed by atoms with van der Waals surface area (Å²) in [7, 11) is 0. The molecule has 0 amide bonds. The summed E-state index contributed by atoms with van der Waals surface area (Å²) in [6.45, 7) is -0.400. The number of carboxylic acid groups (broad SMARTS) is 1. The smallest absolute Gasteiger partial charge is 0.325 e. The number of hydrogen-bond acceptors (Lipinski definition) is 7. The number of rotatable bonds is 5. The summed E-state index contributed by atoms with van der Waals surface area (Å²) in [5, 5.41) is 27.8. The van der Waals surface area contributed by atoms with E-state index >= 15 is 0 Å². The summed E-state index contributed by atoms with van der Waals surface area (Å²) < 4.78 is 1.03. The van der Waals surface area contributed by atoms with Gasteiger partial charge in [0.1, 0.15) is 12.6 Å². The van der Waals surface area contributed by atoms with Crippen molar-refractivity contribution in [3.05, 3.63) is 5.82 Å². The Morgan fingerprint density at radius 2 is 2.25 bits per heavy atom. The molecule has 0 aromatic carbocycles. The Balaban J connectivity index is 2.70. The average Bonchev–Trinajstić information content (AvgIpc) is 2.63. The van der Waals surface area contributed by atoms with Crippen LogP contribution < -0.4 is 0 Å². The molecule has 1 unspecified atom stereocenters. The van der Waals surface area contributed by atoms with E-state index in [1.165, 1.54) is 0 Å². The number of aliphatic hydroxyl groups excluding tert-OH is 1. The van der Waals surface area contributed by atoms with Crippen LogP contribution in [-0.2, 0) is 22.6 Å². The van der Waals surface area contributed by atoms with Crippen molar-refractivity contribution >= 4 is 22.8 Å². The summed E-state index contributed by atoms with van der Waals surface area (Å²) in [5.74, 6) is -0.934. The van der Waals surface area contributed by atoms with Crippen LogP contribution in [0.3, 0.4) is 0 Å². The minimum atomic E-state index is -1.23. The van der Waals surface area contributed by atoms with E-state index in [0.717, 1.165) is 16.4 Å². The maximum absolute atomic E-state index is 11.1. The Hall–Kier alpha value is -1.48. The minimum Gasteiger partial charge on any atom is -0.480 e. The van der Waals surface area contributed by atoms with Gasteiger partial charge in [-0.15, -0.1) is 5.10 Å². The third-order valence-corrected chi connectivity index (χ3v) is 2.41. The number of thioether (sulfide) groups is 1. The lowest BCUT2D eigenvalue weighted by Crippen LogP contribution is -2.23. The highest BCUT2D eigenvalue weighted by Crippen LogP contribution is 2.06. The fourth-order valence-electron chi connectivity index (χ4n) is 1.01. The molecule has 9 heteroatoms. The molecule has 0 aliphatic heterocycles. The van der Waals surface area contributed by atoms with E-state index in [1.807, 2.05) is 0 Å². The molecule has 0 aliphatic rings. The van der Waals surface area contributed by atoms with E-state index in [1.54, 1.807) is 6.26 Å². The highest BCUT2D eigenvalue weighted by molar-refractivity contribution is 8.13. The Kier molecular flexibility index (Phi) is 4.38. The van der Waals surface area contributed by atoms with Crippen molar-refractivity contribution in [2.45, 2.75) is 19.1 Å². The van der Waals surface area contributed by atoms with E-state index in [2.05, 4.69) is 15.5 Å². The Morgan fingerprint density at radius 1 is 1.56 bits per heavy atom. The molecule has 0 saturated carbocycles. The molecule has 1 atom stereocenters. The SMILES string of the molecule is CSC(=O)C(O)Cc1nnnn1CC(=O)O. The van der Waals surface area contributed by atoms with E-state index in [0.29, 0.717) is 0 Å². The first kappa shape index (κ1) is 12.6. The molecule has 1 heterocycles. The molecule has 1 aromatic heterocycles. The number of carbonyl (C=O) groups is 2. The van der Waals surface area contributed by atoms with Gasteiger partial charge in [0.15, 0.2) is 5.82 Å². The van der Waals surface area contributed by atoms with Gasteiger partial charge < -0.3 is 10.2 Å². The molecule has 8 nitrogen and oxygen atoms in total. The molecule has 0 aliphatic carbocycles. The summed E-state index contributed by atoms with van der Waals surface area (Å²) in [5.41, 5.74) is 0. The number of aliphatic carboxylic acids is 1. The molecular formula is C7H10N4O4S. The Bertz CT molecular complexity index is 393. The van der Waals surface area contributed by atoms with Crippen molar-refractivity contribution in [2.75, 3.05) is 6.26 Å². The second-order valence-electron chi connectivity index (χ2n) is 2.89. The monoisotopic (exact) mass is 246 g/mol. The van der Waals surface area contributed by atoms with Crippen LogP contribution in [0.25, 0.3) is 0 Å². The molecule has 88 valence electrons. The lowest BCUT2D eigenvalue weighted by molar-refractivity contribution is -0.138. The number of carbonyl (C=O) groups excluding carboxylic acids is 1. The van der Waals surface area contributed by atoms with Gasteiger partial charge in [0.05, 0.1) is 0 Å². The summed E-state index contributed by atoms with van der Waals surface area (Å²) >= 11 is 0.891. The van der Waals surface area contributed by atoms with Gasteiger partial charge in [-0.25, -0.2) is 4.68 Å². The Morgan fingerprint density at radius 3 is 2.81 bits per heavy atom. The summed E-state index contributed by atoms with van der Waals surface area (Å²) in [4.78, 5) is 21.5. The van der Waals surface area contributed by atoms with E-state index in [-0.39, 0.29) is 12.2 Å². The van der Waals surface area contributed by atoms with Gasteiger partial charge in [-0.3, -0.25) is 9.59 Å². The maximum atomic E-state index is 11.1. The topological polar surface area (TPSA) is 118 Å². The molecule has 0 bridgehead atoms. The van der Waals surface area contributed by atoms with Gasteiger partial charge in [-0.2, -0.15) is 0 Å². The van der Waals surface area contributed by atoms with Crippen LogP contribution in [0, 0.1) is 0 Å². The largest absolute Gasteiger partial charge is 0.480 e. The molecule has 0 saturated heterocycles. The van der Waals surface area contributed by atoms with Gasteiger partial charge in [0.2, 0.25) is 5.12 Å². The van der Waals surface area contributed by atoms with Crippen molar-refractivity contribution in [3.8, 4) is 0 Å². The fourth-order valence-corrected chi connectivity index (χ4v) is 1.37. The zero-order valence-electron chi connectivity index (χ0n) is 8.40. The fraction of sp³-hybridized carbons (Fsp3) is 0.571. The highest BCUT2D eigenvalue weighted by Gasteiger charge is 2.19. The van der Waals surface area contributed by atoms with Crippen LogP contribution in [0.1, 0.15) is 5.82 Å². The van der Waals surface area contributed by atoms with E-state index in [4.69, 9.17) is 5.11 Å². The van der Waals surface area contributed by atoms with Crippen LogP contribution in [-0.4, -0.2) is 53.9 Å². The average molecular weight is 246 g/mol. The van der Waals surface area contributed by atoms with Crippen molar-refractivity contribution in [1.82, 2.24) is 20.2 Å². The van der Waals surface area contributed by atoms with Crippen LogP contribution in [0.5, 0.6) is 0 Å². The zero-order valence-corrected chi connectivity index (χ0v) is 9.22. The lowest BCUT2D eigenvalue weighted by Gasteiger charge is -2.06. The van der Waals surface area contributed by atoms with Gasteiger partial charge in [-0.05, 0) is 16.7 Å². The molecule has 1 aromatic rings. The normalized spacial score (nSPS) is 12.4. The minimum absolute atomic E-state index is 0.0973. The number of aliphatic hydroxyl groups is 1. The quantitative estimate of drug-likeness (QED) is 0.647. The predicted octanol–water partition coefficient (Wildman–Crippen LogP) is -1.45. The third kappa shape index (κ3) is 3.28. The van der Waals surface area contributed by atoms with Crippen molar-refractivity contribution in [1.29, 1.82) is 0 Å². The molecule has 16 heavy (non-hydrogen) atoms. The lowest BCUT2D eigenvalue weighted by atomic mass is 10.2. The number of aromatic nitrogens is 4. The summed E-state index contributed by atoms with van der Waals surface area (Å²) in [6.07, 6.45) is 0.222. The maximum Gasteiger partial charge on any atom is 0.325 e. The van der Waals surface area contributed by atoms with E-state index in [9.17, 15) is 14.7 Å². The van der Waals surface area contributed by atoms with Crippen LogP contribution >= 0.6 is 11.8 Å². The van der Waals surface area contributed by atoms with Crippen molar-refractivity contribution < 1.29 is 19.8 Å². The molecule has 0 radical (unpaired) electrons. The highest BCUT2D eigenvalue weighted by atomic mass is 32.2. The number of tetrazole rings is 1. The molecule has 0 fully saturated rings. The first-order valence-electron chi connectivity index (χ1n) is 4.27. The van der Waals surface area contributed by atoms with Crippen LogP contribution in [0.4, 0.5) is 0 Å². The van der Waals surface area contributed by atoms with Crippen LogP contribution in [0.2, 0.25) is 0 Å². The van der Waals surface area contributed by atoms with Gasteiger partial charge in [0.25, 0.3) is 0 Å². The second-order valence-corrected chi connectivity index (χ2v) is 3.70. The third-order valence-electron chi connectivity index (χ3n) is 1.74. The zero-order chi connectivity index (χ0) is 12.1. The summed E-state index contributed by atoms with van der Waals surface area (Å²) in [6, 6.07) is 0. The number of carboxylic acids is 1. The molecule has 0 spiro atoms. The Labute approximate surface area is 94.6 Å².